The van der Waals surface area contributed by atoms with Gasteiger partial charge in [0.2, 0.25) is 5.91 Å². The number of rotatable bonds is 5. The number of halogens is 1. The van der Waals surface area contributed by atoms with Gasteiger partial charge in [0, 0.05) is 11.1 Å². The summed E-state index contributed by atoms with van der Waals surface area (Å²) in [6.45, 7) is 4.14. The van der Waals surface area contributed by atoms with E-state index in [2.05, 4.69) is 9.97 Å². The molecule has 3 rings (SSSR count). The molecule has 0 aliphatic heterocycles. The van der Waals surface area contributed by atoms with Gasteiger partial charge in [0.25, 0.3) is 5.56 Å². The van der Waals surface area contributed by atoms with E-state index in [1.165, 1.54) is 0 Å². The molecule has 0 fully saturated rings. The van der Waals surface area contributed by atoms with Crippen LogP contribution in [-0.2, 0) is 17.8 Å². The highest BCUT2D eigenvalue weighted by atomic mass is 35.5. The molecule has 0 unspecified atom stereocenters. The number of amides is 1. The number of nitrogens with one attached hydrogen (secondary N) is 1. The molecule has 1 N–H and O–H groups in total. The van der Waals surface area contributed by atoms with Crippen LogP contribution in [-0.4, -0.2) is 26.8 Å². The molecule has 3 aromatic rings. The second kappa shape index (κ2) is 7.70. The Morgan fingerprint density at radius 3 is 2.54 bits per heavy atom. The molecule has 0 aliphatic rings. The number of benzene rings is 2. The molecule has 1 aromatic heterocycles. The molecule has 5 nitrogen and oxygen atoms in total. The van der Waals surface area contributed by atoms with Gasteiger partial charge >= 0.3 is 0 Å². The number of hydrogen-bond donors (Lipinski definition) is 1. The van der Waals surface area contributed by atoms with Gasteiger partial charge in [-0.15, -0.1) is 0 Å². The Balaban J connectivity index is 1.83. The van der Waals surface area contributed by atoms with Crippen LogP contribution >= 0.6 is 11.6 Å². The molecule has 0 bridgehead atoms. The summed E-state index contributed by atoms with van der Waals surface area (Å²) in [5.41, 5.74) is 1.32. The third kappa shape index (κ3) is 4.11. The minimum atomic E-state index is -0.195. The van der Waals surface area contributed by atoms with Crippen molar-refractivity contribution in [3.05, 3.63) is 75.3 Å². The topological polar surface area (TPSA) is 66.1 Å². The van der Waals surface area contributed by atoms with Gasteiger partial charge in [-0.3, -0.25) is 9.59 Å². The molecule has 134 valence electrons. The second-order valence-corrected chi connectivity index (χ2v) is 6.88. The third-order valence-electron chi connectivity index (χ3n) is 4.19. The fourth-order valence-electron chi connectivity index (χ4n) is 2.81. The van der Waals surface area contributed by atoms with Gasteiger partial charge < -0.3 is 9.88 Å². The third-order valence-corrected chi connectivity index (χ3v) is 4.45. The van der Waals surface area contributed by atoms with Crippen molar-refractivity contribution in [2.45, 2.75) is 32.9 Å². The fourth-order valence-corrected chi connectivity index (χ4v) is 2.93. The minimum Gasteiger partial charge on any atom is -0.333 e. The minimum absolute atomic E-state index is 0.0217. The molecule has 0 spiro atoms. The number of para-hydroxylation sites is 1. The predicted molar refractivity (Wildman–Crippen MR) is 103 cm³/mol. The Morgan fingerprint density at radius 1 is 1.15 bits per heavy atom. The predicted octanol–water partition coefficient (Wildman–Crippen LogP) is 3.56. The monoisotopic (exact) mass is 369 g/mol. The maximum absolute atomic E-state index is 12.8. The zero-order chi connectivity index (χ0) is 18.7. The van der Waals surface area contributed by atoms with E-state index in [1.807, 2.05) is 32.0 Å². The van der Waals surface area contributed by atoms with Gasteiger partial charge in [0.15, 0.2) is 0 Å². The van der Waals surface area contributed by atoms with Gasteiger partial charge in [-0.2, -0.15) is 0 Å². The molecule has 0 aliphatic carbocycles. The van der Waals surface area contributed by atoms with E-state index in [4.69, 9.17) is 11.6 Å². The first-order valence-electron chi connectivity index (χ1n) is 8.46. The molecule has 0 atom stereocenters. The second-order valence-electron chi connectivity index (χ2n) is 6.45. The molecule has 26 heavy (non-hydrogen) atoms. The molecule has 0 saturated carbocycles. The van der Waals surface area contributed by atoms with Crippen molar-refractivity contribution in [3.8, 4) is 0 Å². The number of carbonyl (C=O) groups excluding carboxylic acids is 1. The summed E-state index contributed by atoms with van der Waals surface area (Å²) < 4.78 is 0. The van der Waals surface area contributed by atoms with Gasteiger partial charge in [0.1, 0.15) is 5.82 Å². The van der Waals surface area contributed by atoms with E-state index < -0.39 is 0 Å². The van der Waals surface area contributed by atoms with Crippen LogP contribution in [0.5, 0.6) is 0 Å². The molecule has 1 heterocycles. The van der Waals surface area contributed by atoms with Crippen LogP contribution in [0, 0.1) is 0 Å². The normalized spacial score (nSPS) is 11.1. The summed E-state index contributed by atoms with van der Waals surface area (Å²) in [6, 6.07) is 14.4. The fraction of sp³-hybridized carbons (Fsp3) is 0.250. The van der Waals surface area contributed by atoms with E-state index in [9.17, 15) is 9.59 Å². The molecule has 2 aromatic carbocycles. The van der Waals surface area contributed by atoms with Crippen molar-refractivity contribution in [1.82, 2.24) is 14.9 Å². The lowest BCUT2D eigenvalue weighted by molar-refractivity contribution is -0.132. The summed E-state index contributed by atoms with van der Waals surface area (Å²) >= 11 is 5.89. The Kier molecular flexibility index (Phi) is 5.38. The van der Waals surface area contributed by atoms with Crippen LogP contribution in [0.3, 0.4) is 0 Å². The highest BCUT2D eigenvalue weighted by Crippen LogP contribution is 2.14. The number of aromatic nitrogens is 2. The number of hydrogen-bond acceptors (Lipinski definition) is 3. The van der Waals surface area contributed by atoms with Crippen LogP contribution in [0.4, 0.5) is 0 Å². The van der Waals surface area contributed by atoms with Crippen molar-refractivity contribution < 1.29 is 4.79 Å². The van der Waals surface area contributed by atoms with Crippen LogP contribution in [0.15, 0.2) is 53.3 Å². The quantitative estimate of drug-likeness (QED) is 0.747. The highest BCUT2D eigenvalue weighted by molar-refractivity contribution is 6.30. The maximum Gasteiger partial charge on any atom is 0.258 e. The Morgan fingerprint density at radius 2 is 1.85 bits per heavy atom. The molecule has 6 heteroatoms. The van der Waals surface area contributed by atoms with Crippen LogP contribution < -0.4 is 5.56 Å². The Labute approximate surface area is 156 Å². The van der Waals surface area contributed by atoms with E-state index in [1.54, 1.807) is 35.2 Å². The van der Waals surface area contributed by atoms with Crippen molar-refractivity contribution in [2.75, 3.05) is 0 Å². The van der Waals surface area contributed by atoms with Crippen LogP contribution in [0.25, 0.3) is 10.9 Å². The average molecular weight is 370 g/mol. The number of carbonyl (C=O) groups is 1. The first-order valence-corrected chi connectivity index (χ1v) is 8.83. The molecule has 1 amide bonds. The lowest BCUT2D eigenvalue weighted by atomic mass is 10.1. The number of H-pyrrole nitrogens is 1. The van der Waals surface area contributed by atoms with Crippen molar-refractivity contribution >= 4 is 28.4 Å². The van der Waals surface area contributed by atoms with E-state index in [0.29, 0.717) is 21.7 Å². The average Bonchev–Trinajstić information content (AvgIpc) is 2.61. The summed E-state index contributed by atoms with van der Waals surface area (Å²) in [5.74, 6) is 0.449. The smallest absolute Gasteiger partial charge is 0.258 e. The zero-order valence-corrected chi connectivity index (χ0v) is 15.5. The van der Waals surface area contributed by atoms with Gasteiger partial charge in [-0.1, -0.05) is 35.9 Å². The Hall–Kier alpha value is -2.66. The van der Waals surface area contributed by atoms with Gasteiger partial charge in [-0.25, -0.2) is 4.98 Å². The Bertz CT molecular complexity index is 980. The summed E-state index contributed by atoms with van der Waals surface area (Å²) in [4.78, 5) is 34.0. The van der Waals surface area contributed by atoms with E-state index >= 15 is 0 Å². The summed E-state index contributed by atoms with van der Waals surface area (Å²) in [6.07, 6.45) is 0.271. The lowest BCUT2D eigenvalue weighted by Crippen LogP contribution is -2.38. The van der Waals surface area contributed by atoms with Crippen LogP contribution in [0.1, 0.15) is 25.2 Å². The maximum atomic E-state index is 12.8. The SMILES string of the molecule is CC(C)N(Cc1nc2ccccc2c(=O)[nH]1)C(=O)Cc1ccc(Cl)cc1. The van der Waals surface area contributed by atoms with E-state index in [-0.39, 0.29) is 30.5 Å². The van der Waals surface area contributed by atoms with E-state index in [0.717, 1.165) is 5.56 Å². The van der Waals surface area contributed by atoms with Gasteiger partial charge in [-0.05, 0) is 43.7 Å². The highest BCUT2D eigenvalue weighted by Gasteiger charge is 2.19. The largest absolute Gasteiger partial charge is 0.333 e. The molecule has 0 radical (unpaired) electrons. The standard InChI is InChI=1S/C20H20ClN3O2/c1-13(2)24(19(25)11-14-7-9-15(21)10-8-14)12-18-22-17-6-4-3-5-16(17)20(26)23-18/h3-10,13H,11-12H2,1-2H3,(H,22,23,26). The summed E-state index contributed by atoms with van der Waals surface area (Å²) in [5, 5.41) is 1.18. The molecular weight excluding hydrogens is 350 g/mol. The number of aromatic amines is 1. The molecule has 0 saturated heterocycles. The van der Waals surface area contributed by atoms with Crippen molar-refractivity contribution in [1.29, 1.82) is 0 Å². The first-order chi connectivity index (χ1) is 12.4. The lowest BCUT2D eigenvalue weighted by Gasteiger charge is -2.26. The van der Waals surface area contributed by atoms with Gasteiger partial charge in [0.05, 0.1) is 23.9 Å². The van der Waals surface area contributed by atoms with Crippen LogP contribution in [0.2, 0.25) is 5.02 Å². The first kappa shape index (κ1) is 18.1. The summed E-state index contributed by atoms with van der Waals surface area (Å²) in [7, 11) is 0. The number of nitrogens with zero attached hydrogens (tertiary/aromatic N) is 2. The zero-order valence-electron chi connectivity index (χ0n) is 14.7. The molecular formula is C20H20ClN3O2. The van der Waals surface area contributed by atoms with Crippen molar-refractivity contribution in [3.63, 3.8) is 0 Å². The number of fused-ring (bicyclic) bond motifs is 1. The van der Waals surface area contributed by atoms with Crippen molar-refractivity contribution in [2.24, 2.45) is 0 Å².